The third-order valence-electron chi connectivity index (χ3n) is 2.84. The van der Waals surface area contributed by atoms with Gasteiger partial charge in [0.1, 0.15) is 0 Å². The maximum atomic E-state index is 12.5. The number of halogens is 6. The van der Waals surface area contributed by atoms with E-state index >= 15 is 0 Å². The van der Waals surface area contributed by atoms with Gasteiger partial charge in [-0.05, 0) is 17.5 Å². The predicted molar refractivity (Wildman–Crippen MR) is 58.3 cm³/mol. The van der Waals surface area contributed by atoms with Gasteiger partial charge in [-0.3, -0.25) is 0 Å². The molecule has 0 aliphatic carbocycles. The molecule has 0 aliphatic rings. The van der Waals surface area contributed by atoms with E-state index in [0.29, 0.717) is 6.42 Å². The van der Waals surface area contributed by atoms with Gasteiger partial charge in [0.05, 0.1) is 6.04 Å². The van der Waals surface area contributed by atoms with Crippen LogP contribution >= 0.6 is 0 Å². The smallest absolute Gasteiger partial charge is 0.323 e. The lowest BCUT2D eigenvalue weighted by Crippen LogP contribution is -2.43. The fourth-order valence-electron chi connectivity index (χ4n) is 1.76. The Labute approximate surface area is 106 Å². The SMILES string of the molecule is CCc1ccc(C(N)C(C(F)(F)F)C(F)(F)F)cc1. The summed E-state index contributed by atoms with van der Waals surface area (Å²) >= 11 is 0. The molecular formula is C12H13F6N. The minimum Gasteiger partial charge on any atom is -0.323 e. The van der Waals surface area contributed by atoms with E-state index in [4.69, 9.17) is 5.73 Å². The summed E-state index contributed by atoms with van der Waals surface area (Å²) in [4.78, 5) is 0. The Bertz CT molecular complexity index is 392. The Morgan fingerprint density at radius 1 is 0.947 bits per heavy atom. The quantitative estimate of drug-likeness (QED) is 0.835. The number of rotatable bonds is 3. The van der Waals surface area contributed by atoms with Gasteiger partial charge in [-0.15, -0.1) is 0 Å². The highest BCUT2D eigenvalue weighted by Gasteiger charge is 2.59. The third kappa shape index (κ3) is 3.86. The highest BCUT2D eigenvalue weighted by atomic mass is 19.4. The number of hydrogen-bond acceptors (Lipinski definition) is 1. The Morgan fingerprint density at radius 3 is 1.68 bits per heavy atom. The number of alkyl halides is 6. The summed E-state index contributed by atoms with van der Waals surface area (Å²) in [6, 6.07) is 3.19. The van der Waals surface area contributed by atoms with E-state index in [1.54, 1.807) is 0 Å². The molecule has 0 fully saturated rings. The van der Waals surface area contributed by atoms with Crippen LogP contribution in [0.2, 0.25) is 0 Å². The minimum atomic E-state index is -5.43. The summed E-state index contributed by atoms with van der Waals surface area (Å²) in [5, 5.41) is 0. The third-order valence-corrected chi connectivity index (χ3v) is 2.84. The average Bonchev–Trinajstić information content (AvgIpc) is 2.25. The lowest BCUT2D eigenvalue weighted by atomic mass is 9.92. The van der Waals surface area contributed by atoms with Crippen molar-refractivity contribution in [1.82, 2.24) is 0 Å². The summed E-state index contributed by atoms with van der Waals surface area (Å²) in [6.07, 6.45) is -10.2. The number of nitrogens with two attached hydrogens (primary N) is 1. The fraction of sp³-hybridized carbons (Fsp3) is 0.500. The van der Waals surface area contributed by atoms with Crippen molar-refractivity contribution in [2.75, 3.05) is 0 Å². The highest BCUT2D eigenvalue weighted by molar-refractivity contribution is 5.25. The van der Waals surface area contributed by atoms with Crippen LogP contribution in [-0.4, -0.2) is 12.4 Å². The molecule has 0 bridgehead atoms. The molecule has 0 aliphatic heterocycles. The molecule has 1 atom stereocenters. The van der Waals surface area contributed by atoms with E-state index in [1.807, 2.05) is 6.92 Å². The van der Waals surface area contributed by atoms with Crippen LogP contribution in [0.15, 0.2) is 24.3 Å². The van der Waals surface area contributed by atoms with Crippen molar-refractivity contribution in [3.8, 4) is 0 Å². The van der Waals surface area contributed by atoms with Crippen molar-refractivity contribution in [2.45, 2.75) is 31.7 Å². The van der Waals surface area contributed by atoms with Crippen molar-refractivity contribution in [3.05, 3.63) is 35.4 Å². The fourth-order valence-corrected chi connectivity index (χ4v) is 1.76. The van der Waals surface area contributed by atoms with Gasteiger partial charge in [-0.25, -0.2) is 0 Å². The van der Waals surface area contributed by atoms with Crippen molar-refractivity contribution in [3.63, 3.8) is 0 Å². The predicted octanol–water partition coefficient (Wildman–Crippen LogP) is 3.99. The second-order valence-corrected chi connectivity index (χ2v) is 4.18. The molecule has 0 amide bonds. The molecule has 1 unspecified atom stereocenters. The Kier molecular flexibility index (Phi) is 4.50. The topological polar surface area (TPSA) is 26.0 Å². The Hall–Kier alpha value is -1.24. The van der Waals surface area contributed by atoms with Gasteiger partial charge in [0.25, 0.3) is 0 Å². The molecule has 0 spiro atoms. The second-order valence-electron chi connectivity index (χ2n) is 4.18. The molecule has 0 saturated heterocycles. The standard InChI is InChI=1S/C12H13F6N/c1-2-7-3-5-8(6-4-7)9(19)10(11(13,14)15)12(16,17)18/h3-6,9-10H,2,19H2,1H3. The van der Waals surface area contributed by atoms with Gasteiger partial charge in [-0.2, -0.15) is 26.3 Å². The molecule has 1 rings (SSSR count). The van der Waals surface area contributed by atoms with E-state index in [2.05, 4.69) is 0 Å². The van der Waals surface area contributed by atoms with E-state index in [9.17, 15) is 26.3 Å². The first kappa shape index (κ1) is 15.8. The molecule has 1 aromatic rings. The van der Waals surface area contributed by atoms with Crippen molar-refractivity contribution in [2.24, 2.45) is 11.7 Å². The molecule has 0 radical (unpaired) electrons. The molecule has 0 heterocycles. The number of aryl methyl sites for hydroxylation is 1. The van der Waals surface area contributed by atoms with Gasteiger partial charge in [-0.1, -0.05) is 31.2 Å². The molecular weight excluding hydrogens is 272 g/mol. The average molecular weight is 285 g/mol. The van der Waals surface area contributed by atoms with Crippen molar-refractivity contribution < 1.29 is 26.3 Å². The van der Waals surface area contributed by atoms with Gasteiger partial charge in [0.15, 0.2) is 5.92 Å². The first-order valence-electron chi connectivity index (χ1n) is 5.55. The highest BCUT2D eigenvalue weighted by Crippen LogP contribution is 2.45. The van der Waals surface area contributed by atoms with E-state index < -0.39 is 24.3 Å². The van der Waals surface area contributed by atoms with Crippen LogP contribution in [0, 0.1) is 5.92 Å². The summed E-state index contributed by atoms with van der Waals surface area (Å²) in [7, 11) is 0. The Balaban J connectivity index is 3.09. The second kappa shape index (κ2) is 5.40. The summed E-state index contributed by atoms with van der Waals surface area (Å²) in [5.74, 6) is -3.56. The largest absolute Gasteiger partial charge is 0.402 e. The van der Waals surface area contributed by atoms with Crippen molar-refractivity contribution >= 4 is 0 Å². The molecule has 108 valence electrons. The summed E-state index contributed by atoms with van der Waals surface area (Å²) in [5.41, 5.74) is 5.79. The molecule has 1 nitrogen and oxygen atoms in total. The molecule has 0 aromatic heterocycles. The monoisotopic (exact) mass is 285 g/mol. The zero-order chi connectivity index (χ0) is 14.8. The zero-order valence-corrected chi connectivity index (χ0v) is 10.0. The Morgan fingerprint density at radius 2 is 1.37 bits per heavy atom. The molecule has 1 aromatic carbocycles. The molecule has 2 N–H and O–H groups in total. The zero-order valence-electron chi connectivity index (χ0n) is 10.0. The summed E-state index contributed by atoms with van der Waals surface area (Å²) in [6.45, 7) is 1.82. The van der Waals surface area contributed by atoms with Gasteiger partial charge < -0.3 is 5.73 Å². The van der Waals surface area contributed by atoms with E-state index in [-0.39, 0.29) is 5.56 Å². The van der Waals surface area contributed by atoms with E-state index in [1.165, 1.54) is 24.3 Å². The number of benzene rings is 1. The molecule has 7 heteroatoms. The lowest BCUT2D eigenvalue weighted by Gasteiger charge is -2.28. The van der Waals surface area contributed by atoms with Crippen LogP contribution in [-0.2, 0) is 6.42 Å². The maximum absolute atomic E-state index is 12.5. The van der Waals surface area contributed by atoms with Crippen LogP contribution in [0.5, 0.6) is 0 Å². The van der Waals surface area contributed by atoms with Crippen LogP contribution in [0.4, 0.5) is 26.3 Å². The van der Waals surface area contributed by atoms with Gasteiger partial charge in [0.2, 0.25) is 0 Å². The maximum Gasteiger partial charge on any atom is 0.402 e. The minimum absolute atomic E-state index is 0.183. The molecule has 0 saturated carbocycles. The summed E-state index contributed by atoms with van der Waals surface area (Å²) < 4.78 is 75.0. The first-order valence-corrected chi connectivity index (χ1v) is 5.55. The van der Waals surface area contributed by atoms with Crippen LogP contribution < -0.4 is 5.73 Å². The van der Waals surface area contributed by atoms with Crippen LogP contribution in [0.25, 0.3) is 0 Å². The number of hydrogen-bond donors (Lipinski definition) is 1. The van der Waals surface area contributed by atoms with Gasteiger partial charge in [0, 0.05) is 0 Å². The van der Waals surface area contributed by atoms with Crippen molar-refractivity contribution in [1.29, 1.82) is 0 Å². The molecule has 19 heavy (non-hydrogen) atoms. The van der Waals surface area contributed by atoms with E-state index in [0.717, 1.165) is 5.56 Å². The lowest BCUT2D eigenvalue weighted by molar-refractivity contribution is -0.290. The van der Waals surface area contributed by atoms with Crippen LogP contribution in [0.3, 0.4) is 0 Å². The van der Waals surface area contributed by atoms with Gasteiger partial charge >= 0.3 is 12.4 Å². The van der Waals surface area contributed by atoms with Crippen LogP contribution in [0.1, 0.15) is 24.1 Å². The normalized spacial score (nSPS) is 14.8. The first-order chi connectivity index (χ1) is 8.57.